The minimum atomic E-state index is -0.531. The smallest absolute Gasteiger partial charge is 0.265 e. The molecule has 0 saturated carbocycles. The summed E-state index contributed by atoms with van der Waals surface area (Å²) in [4.78, 5) is 30.2. The monoisotopic (exact) mass is 357 g/mol. The third-order valence-electron chi connectivity index (χ3n) is 3.20. The maximum atomic E-state index is 12.0. The van der Waals surface area contributed by atoms with Crippen LogP contribution in [0, 0.1) is 0 Å². The minimum Gasteiger partial charge on any atom is -0.366 e. The summed E-state index contributed by atoms with van der Waals surface area (Å²) < 4.78 is 5.38. The second-order valence-corrected chi connectivity index (χ2v) is 5.62. The Morgan fingerprint density at radius 2 is 2.30 bits per heavy atom. The number of nitrogens with zero attached hydrogens (tertiary/aromatic N) is 1. The number of aromatic amines is 1. The van der Waals surface area contributed by atoms with Crippen LogP contribution in [0.25, 0.3) is 11.3 Å². The van der Waals surface area contributed by atoms with Crippen LogP contribution in [0.1, 0.15) is 10.5 Å². The number of carbonyl (C=O) groups is 2. The molecule has 124 valence electrons. The molecule has 1 unspecified atom stereocenters. The number of halogens is 1. The Labute approximate surface area is 142 Å². The molecule has 0 aliphatic carbocycles. The third-order valence-corrected chi connectivity index (χ3v) is 3.96. The van der Waals surface area contributed by atoms with Crippen LogP contribution >= 0.6 is 23.7 Å². The van der Waals surface area contributed by atoms with Crippen molar-refractivity contribution < 1.29 is 14.3 Å². The highest BCUT2D eigenvalue weighted by Gasteiger charge is 2.22. The Bertz CT molecular complexity index is 695. The van der Waals surface area contributed by atoms with Gasteiger partial charge in [-0.1, -0.05) is 0 Å². The Morgan fingerprint density at radius 1 is 1.48 bits per heavy atom. The lowest BCUT2D eigenvalue weighted by Gasteiger charge is -2.22. The first-order valence-corrected chi connectivity index (χ1v) is 7.59. The van der Waals surface area contributed by atoms with Gasteiger partial charge in [-0.25, -0.2) is 4.98 Å². The van der Waals surface area contributed by atoms with E-state index in [0.29, 0.717) is 29.7 Å². The van der Waals surface area contributed by atoms with E-state index >= 15 is 0 Å². The molecule has 2 amide bonds. The molecule has 3 heterocycles. The maximum absolute atomic E-state index is 12.0. The van der Waals surface area contributed by atoms with Gasteiger partial charge in [-0.3, -0.25) is 14.9 Å². The first-order chi connectivity index (χ1) is 10.6. The Kier molecular flexibility index (Phi) is 5.72. The van der Waals surface area contributed by atoms with Crippen LogP contribution < -0.4 is 16.4 Å². The van der Waals surface area contributed by atoms with E-state index in [4.69, 9.17) is 10.5 Å². The standard InChI is InChI=1S/C13H15N5O3S.ClH/c14-11(19)8-3-7(4-16-8)9-6-22-13(17-9)18-12(20)10-5-15-1-2-21-10;/h3-4,6,10,15-16H,1-2,5H2,(H2,14,19)(H,17,18,20);1H. The first-order valence-electron chi connectivity index (χ1n) is 6.71. The third kappa shape index (κ3) is 4.08. The van der Waals surface area contributed by atoms with E-state index in [-0.39, 0.29) is 18.3 Å². The lowest BCUT2D eigenvalue weighted by Crippen LogP contribution is -2.45. The number of hydrogen-bond acceptors (Lipinski definition) is 6. The summed E-state index contributed by atoms with van der Waals surface area (Å²) in [6.07, 6.45) is 1.14. The zero-order valence-corrected chi connectivity index (χ0v) is 13.6. The molecule has 0 bridgehead atoms. The van der Waals surface area contributed by atoms with Crippen molar-refractivity contribution in [2.45, 2.75) is 6.10 Å². The number of amides is 2. The van der Waals surface area contributed by atoms with Crippen LogP contribution in [-0.4, -0.2) is 47.6 Å². The van der Waals surface area contributed by atoms with Crippen LogP contribution in [0.5, 0.6) is 0 Å². The number of rotatable bonds is 4. The SMILES string of the molecule is Cl.NC(=O)c1cc(-c2csc(NC(=O)C3CNCCO3)n2)c[nH]1. The zero-order valence-electron chi connectivity index (χ0n) is 12.0. The van der Waals surface area contributed by atoms with Gasteiger partial charge in [-0.15, -0.1) is 23.7 Å². The molecule has 0 spiro atoms. The molecule has 0 radical (unpaired) electrons. The topological polar surface area (TPSA) is 122 Å². The van der Waals surface area contributed by atoms with Crippen molar-refractivity contribution in [1.82, 2.24) is 15.3 Å². The molecule has 2 aromatic heterocycles. The van der Waals surface area contributed by atoms with Crippen LogP contribution in [0.15, 0.2) is 17.6 Å². The van der Waals surface area contributed by atoms with Crippen LogP contribution in [0.4, 0.5) is 5.13 Å². The van der Waals surface area contributed by atoms with E-state index < -0.39 is 12.0 Å². The second-order valence-electron chi connectivity index (χ2n) is 4.76. The van der Waals surface area contributed by atoms with Crippen LogP contribution in [-0.2, 0) is 9.53 Å². The Hall–Kier alpha value is -1.94. The van der Waals surface area contributed by atoms with Gasteiger partial charge in [0.05, 0.1) is 12.3 Å². The number of primary amides is 1. The van der Waals surface area contributed by atoms with E-state index in [2.05, 4.69) is 20.6 Å². The minimum absolute atomic E-state index is 0. The van der Waals surface area contributed by atoms with E-state index in [9.17, 15) is 9.59 Å². The number of ether oxygens (including phenoxy) is 1. The van der Waals surface area contributed by atoms with Crippen molar-refractivity contribution in [1.29, 1.82) is 0 Å². The highest BCUT2D eigenvalue weighted by atomic mass is 35.5. The van der Waals surface area contributed by atoms with Gasteiger partial charge in [0.25, 0.3) is 11.8 Å². The summed E-state index contributed by atoms with van der Waals surface area (Å²) in [5.41, 5.74) is 6.91. The quantitative estimate of drug-likeness (QED) is 0.637. The van der Waals surface area contributed by atoms with Crippen LogP contribution in [0.3, 0.4) is 0 Å². The van der Waals surface area contributed by atoms with Gasteiger partial charge < -0.3 is 20.8 Å². The molecule has 3 rings (SSSR count). The fourth-order valence-electron chi connectivity index (χ4n) is 2.07. The molecule has 1 aliphatic heterocycles. The van der Waals surface area contributed by atoms with Gasteiger partial charge in [-0.2, -0.15) is 0 Å². The number of aromatic nitrogens is 2. The van der Waals surface area contributed by atoms with Crippen LogP contribution in [0.2, 0.25) is 0 Å². The number of nitrogens with two attached hydrogens (primary N) is 1. The fourth-order valence-corrected chi connectivity index (χ4v) is 2.79. The van der Waals surface area contributed by atoms with Gasteiger partial charge in [-0.05, 0) is 6.07 Å². The largest absolute Gasteiger partial charge is 0.366 e. The fraction of sp³-hybridized carbons (Fsp3) is 0.308. The highest BCUT2D eigenvalue weighted by molar-refractivity contribution is 7.14. The number of thiazole rings is 1. The summed E-state index contributed by atoms with van der Waals surface area (Å²) in [5.74, 6) is -0.753. The number of H-pyrrole nitrogens is 1. The summed E-state index contributed by atoms with van der Waals surface area (Å²) in [6, 6.07) is 1.62. The normalized spacial score (nSPS) is 17.3. The van der Waals surface area contributed by atoms with E-state index in [1.54, 1.807) is 17.6 Å². The molecule has 23 heavy (non-hydrogen) atoms. The Morgan fingerprint density at radius 3 is 2.96 bits per heavy atom. The van der Waals surface area contributed by atoms with Crippen molar-refractivity contribution in [3.05, 3.63) is 23.3 Å². The van der Waals surface area contributed by atoms with Crippen molar-refractivity contribution >= 4 is 40.7 Å². The van der Waals surface area contributed by atoms with Gasteiger partial charge in [0.1, 0.15) is 11.8 Å². The molecule has 2 aromatic rings. The summed E-state index contributed by atoms with van der Waals surface area (Å²) in [5, 5.41) is 8.11. The number of anilines is 1. The lowest BCUT2D eigenvalue weighted by atomic mass is 10.2. The van der Waals surface area contributed by atoms with E-state index in [1.807, 2.05) is 0 Å². The predicted octanol–water partition coefficient (Wildman–Crippen LogP) is 0.586. The molecule has 1 atom stereocenters. The molecule has 1 saturated heterocycles. The molecule has 10 heteroatoms. The molecule has 0 aromatic carbocycles. The molecular weight excluding hydrogens is 342 g/mol. The maximum Gasteiger partial charge on any atom is 0.265 e. The number of carbonyl (C=O) groups excluding carboxylic acids is 2. The van der Waals surface area contributed by atoms with Gasteiger partial charge in [0.2, 0.25) is 0 Å². The average molecular weight is 358 g/mol. The van der Waals surface area contributed by atoms with Crippen molar-refractivity contribution in [3.8, 4) is 11.3 Å². The second kappa shape index (κ2) is 7.55. The van der Waals surface area contributed by atoms with Gasteiger partial charge in [0, 0.05) is 30.2 Å². The molecule has 1 aliphatic rings. The number of hydrogen-bond donors (Lipinski definition) is 4. The van der Waals surface area contributed by atoms with Gasteiger partial charge >= 0.3 is 0 Å². The summed E-state index contributed by atoms with van der Waals surface area (Å²) >= 11 is 1.31. The van der Waals surface area contributed by atoms with E-state index in [0.717, 1.165) is 12.1 Å². The van der Waals surface area contributed by atoms with Crippen molar-refractivity contribution in [2.75, 3.05) is 25.0 Å². The number of nitrogens with one attached hydrogen (secondary N) is 3. The average Bonchev–Trinajstić information content (AvgIpc) is 3.16. The molecule has 1 fully saturated rings. The lowest BCUT2D eigenvalue weighted by molar-refractivity contribution is -0.128. The summed E-state index contributed by atoms with van der Waals surface area (Å²) in [6.45, 7) is 1.76. The van der Waals surface area contributed by atoms with Gasteiger partial charge in [0.15, 0.2) is 5.13 Å². The molecule has 8 nitrogen and oxygen atoms in total. The summed E-state index contributed by atoms with van der Waals surface area (Å²) in [7, 11) is 0. The molecule has 5 N–H and O–H groups in total. The number of morpholine rings is 1. The first kappa shape index (κ1) is 17.4. The van der Waals surface area contributed by atoms with Crippen molar-refractivity contribution in [2.24, 2.45) is 5.73 Å². The Balaban J connectivity index is 0.00000192. The highest BCUT2D eigenvalue weighted by Crippen LogP contribution is 2.25. The predicted molar refractivity (Wildman–Crippen MR) is 88.9 cm³/mol. The zero-order chi connectivity index (χ0) is 15.5. The van der Waals surface area contributed by atoms with E-state index in [1.165, 1.54) is 11.3 Å². The molecular formula is C13H16ClN5O3S. The van der Waals surface area contributed by atoms with Crippen molar-refractivity contribution in [3.63, 3.8) is 0 Å².